The molecule has 0 aliphatic rings. The summed E-state index contributed by atoms with van der Waals surface area (Å²) >= 11 is 2.16. The fourth-order valence-corrected chi connectivity index (χ4v) is 3.59. The summed E-state index contributed by atoms with van der Waals surface area (Å²) in [4.78, 5) is 11.1. The van der Waals surface area contributed by atoms with E-state index in [0.29, 0.717) is 6.54 Å². The Labute approximate surface area is 139 Å². The molecule has 0 saturated heterocycles. The molecule has 2 aromatic rings. The number of nitrogens with zero attached hydrogens (tertiary/aromatic N) is 1. The fourth-order valence-electron chi connectivity index (χ4n) is 2.23. The maximum absolute atomic E-state index is 13.9. The van der Waals surface area contributed by atoms with Gasteiger partial charge in [0.2, 0.25) is 5.91 Å². The number of methoxy groups -OCH3 is 1. The average molecular weight is 422 g/mol. The number of amides is 1. The maximum atomic E-state index is 13.9. The number of benzene rings is 1. The van der Waals surface area contributed by atoms with Gasteiger partial charge in [-0.05, 0) is 11.6 Å². The standard InChI is InChI=1S/C14H16FIN2O2S/c1-8(6-17-9(2)19)11-7-18(21-16)13-5-12(15)14(20-3)4-10(11)13/h4-5,7-8H,6H2,1-3H3,(H,17,19)/t8-/m0/s1. The molecule has 1 heterocycles. The van der Waals surface area contributed by atoms with Crippen molar-refractivity contribution in [2.45, 2.75) is 19.8 Å². The van der Waals surface area contributed by atoms with E-state index in [1.54, 1.807) is 6.07 Å². The summed E-state index contributed by atoms with van der Waals surface area (Å²) in [5.41, 5.74) is 1.86. The molecule has 0 saturated carbocycles. The van der Waals surface area contributed by atoms with E-state index in [9.17, 15) is 9.18 Å². The number of hydrogen-bond acceptors (Lipinski definition) is 3. The van der Waals surface area contributed by atoms with Gasteiger partial charge in [-0.3, -0.25) is 8.77 Å². The van der Waals surface area contributed by atoms with E-state index in [1.807, 2.05) is 17.1 Å². The number of fused-ring (bicyclic) bond motifs is 1. The SMILES string of the molecule is COc1cc2c([C@@H](C)CNC(C)=O)cn(SI)c2cc1F. The Morgan fingerprint density at radius 2 is 2.29 bits per heavy atom. The number of rotatable bonds is 5. The van der Waals surface area contributed by atoms with Crippen molar-refractivity contribution in [2.24, 2.45) is 0 Å². The Hall–Kier alpha value is -0.960. The van der Waals surface area contributed by atoms with Crippen molar-refractivity contribution in [3.05, 3.63) is 29.7 Å². The summed E-state index contributed by atoms with van der Waals surface area (Å²) in [7, 11) is 2.93. The average Bonchev–Trinajstić information content (AvgIpc) is 2.81. The molecule has 0 bridgehead atoms. The normalized spacial score (nSPS) is 12.4. The summed E-state index contributed by atoms with van der Waals surface area (Å²) in [6, 6.07) is 3.20. The summed E-state index contributed by atoms with van der Waals surface area (Å²) in [6.07, 6.45) is 1.98. The van der Waals surface area contributed by atoms with E-state index in [4.69, 9.17) is 4.74 Å². The van der Waals surface area contributed by atoms with Crippen molar-refractivity contribution in [1.29, 1.82) is 0 Å². The number of halogens is 2. The predicted molar refractivity (Wildman–Crippen MR) is 92.6 cm³/mol. The largest absolute Gasteiger partial charge is 0.494 e. The van der Waals surface area contributed by atoms with Crippen LogP contribution >= 0.6 is 30.3 Å². The first-order chi connectivity index (χ1) is 9.97. The molecular weight excluding hydrogens is 406 g/mol. The minimum absolute atomic E-state index is 0.0579. The van der Waals surface area contributed by atoms with Crippen molar-refractivity contribution in [1.82, 2.24) is 9.29 Å². The number of nitrogens with one attached hydrogen (secondary N) is 1. The van der Waals surface area contributed by atoms with Crippen LogP contribution in [-0.2, 0) is 4.79 Å². The molecule has 0 fully saturated rings. The van der Waals surface area contributed by atoms with Gasteiger partial charge in [0.1, 0.15) is 0 Å². The molecule has 4 nitrogen and oxygen atoms in total. The number of hydrogen-bond donors (Lipinski definition) is 1. The van der Waals surface area contributed by atoms with Gasteiger partial charge in [-0.1, -0.05) is 6.92 Å². The van der Waals surface area contributed by atoms with Gasteiger partial charge in [-0.2, -0.15) is 0 Å². The molecular formula is C14H16FIN2O2S. The topological polar surface area (TPSA) is 43.3 Å². The lowest BCUT2D eigenvalue weighted by Gasteiger charge is -2.11. The zero-order valence-corrected chi connectivity index (χ0v) is 14.9. The number of carbonyl (C=O) groups is 1. The lowest BCUT2D eigenvalue weighted by atomic mass is 10.0. The van der Waals surface area contributed by atoms with Gasteiger partial charge in [0, 0.05) is 67.4 Å². The van der Waals surface area contributed by atoms with Gasteiger partial charge in [-0.25, -0.2) is 4.39 Å². The van der Waals surface area contributed by atoms with E-state index >= 15 is 0 Å². The summed E-state index contributed by atoms with van der Waals surface area (Å²) < 4.78 is 20.9. The van der Waals surface area contributed by atoms with Crippen LogP contribution in [0, 0.1) is 5.82 Å². The molecule has 0 aliphatic heterocycles. The second kappa shape index (κ2) is 6.87. The minimum Gasteiger partial charge on any atom is -0.494 e. The van der Waals surface area contributed by atoms with Crippen LogP contribution in [0.4, 0.5) is 4.39 Å². The lowest BCUT2D eigenvalue weighted by Crippen LogP contribution is -2.24. The van der Waals surface area contributed by atoms with Crippen LogP contribution in [0.25, 0.3) is 10.9 Å². The van der Waals surface area contributed by atoms with Crippen LogP contribution in [0.15, 0.2) is 18.3 Å². The number of aromatic nitrogens is 1. The highest BCUT2D eigenvalue weighted by Crippen LogP contribution is 2.35. The Kier molecular flexibility index (Phi) is 5.37. The van der Waals surface area contributed by atoms with Gasteiger partial charge < -0.3 is 10.1 Å². The summed E-state index contributed by atoms with van der Waals surface area (Å²) in [6.45, 7) is 4.07. The third-order valence-electron chi connectivity index (χ3n) is 3.34. The van der Waals surface area contributed by atoms with Gasteiger partial charge in [0.15, 0.2) is 11.6 Å². The van der Waals surface area contributed by atoms with Gasteiger partial charge >= 0.3 is 0 Å². The first-order valence-corrected chi connectivity index (χ1v) is 9.71. The van der Waals surface area contributed by atoms with Crippen LogP contribution in [0.5, 0.6) is 5.75 Å². The molecule has 1 atom stereocenters. The Morgan fingerprint density at radius 1 is 1.57 bits per heavy atom. The van der Waals surface area contributed by atoms with Gasteiger partial charge in [0.05, 0.1) is 12.6 Å². The third kappa shape index (κ3) is 3.45. The van der Waals surface area contributed by atoms with E-state index in [-0.39, 0.29) is 23.4 Å². The summed E-state index contributed by atoms with van der Waals surface area (Å²) in [5, 5.41) is 3.75. The van der Waals surface area contributed by atoms with Crippen LogP contribution in [0.2, 0.25) is 0 Å². The zero-order valence-electron chi connectivity index (χ0n) is 11.9. The molecule has 21 heavy (non-hydrogen) atoms. The van der Waals surface area contributed by atoms with Crippen molar-refractivity contribution in [2.75, 3.05) is 13.7 Å². The van der Waals surface area contributed by atoms with Crippen LogP contribution < -0.4 is 10.1 Å². The van der Waals surface area contributed by atoms with Crippen molar-refractivity contribution in [3.8, 4) is 5.75 Å². The van der Waals surface area contributed by atoms with E-state index < -0.39 is 0 Å². The molecule has 0 unspecified atom stereocenters. The Morgan fingerprint density at radius 3 is 2.86 bits per heavy atom. The number of carbonyl (C=O) groups excluding carboxylic acids is 1. The Bertz CT molecular complexity index is 675. The smallest absolute Gasteiger partial charge is 0.216 e. The number of ether oxygens (including phenoxy) is 1. The van der Waals surface area contributed by atoms with E-state index in [0.717, 1.165) is 16.5 Å². The first-order valence-electron chi connectivity index (χ1n) is 6.40. The van der Waals surface area contributed by atoms with E-state index in [2.05, 4.69) is 26.5 Å². The van der Waals surface area contributed by atoms with E-state index in [1.165, 1.54) is 29.2 Å². The molecule has 2 rings (SSSR count). The van der Waals surface area contributed by atoms with Gasteiger partial charge in [0.25, 0.3) is 0 Å². The molecule has 0 spiro atoms. The predicted octanol–water partition coefficient (Wildman–Crippen LogP) is 3.87. The molecule has 1 amide bonds. The highest BCUT2D eigenvalue weighted by atomic mass is 127. The first kappa shape index (κ1) is 16.4. The van der Waals surface area contributed by atoms with Crippen molar-refractivity contribution < 1.29 is 13.9 Å². The summed E-state index contributed by atoms with van der Waals surface area (Å²) in [5.74, 6) is -0.0867. The fraction of sp³-hybridized carbons (Fsp3) is 0.357. The van der Waals surface area contributed by atoms with Gasteiger partial charge in [-0.15, -0.1) is 0 Å². The second-order valence-electron chi connectivity index (χ2n) is 4.82. The third-order valence-corrected chi connectivity index (χ3v) is 5.06. The van der Waals surface area contributed by atoms with Crippen LogP contribution in [0.1, 0.15) is 25.3 Å². The lowest BCUT2D eigenvalue weighted by molar-refractivity contribution is -0.119. The molecule has 114 valence electrons. The molecule has 7 heteroatoms. The minimum atomic E-state index is -0.379. The molecule has 1 aromatic carbocycles. The Balaban J connectivity index is 2.49. The maximum Gasteiger partial charge on any atom is 0.216 e. The second-order valence-corrected chi connectivity index (χ2v) is 6.53. The molecule has 0 aliphatic carbocycles. The molecule has 1 aromatic heterocycles. The van der Waals surface area contributed by atoms with Crippen LogP contribution in [-0.4, -0.2) is 23.5 Å². The highest BCUT2D eigenvalue weighted by molar-refractivity contribution is 14.2. The molecule has 1 N–H and O–H groups in total. The zero-order chi connectivity index (χ0) is 15.6. The van der Waals surface area contributed by atoms with Crippen molar-refractivity contribution in [3.63, 3.8) is 0 Å². The molecule has 0 radical (unpaired) electrons. The van der Waals surface area contributed by atoms with Crippen LogP contribution in [0.3, 0.4) is 0 Å². The van der Waals surface area contributed by atoms with Crippen molar-refractivity contribution >= 4 is 47.1 Å². The highest BCUT2D eigenvalue weighted by Gasteiger charge is 2.17. The monoisotopic (exact) mass is 422 g/mol. The quantitative estimate of drug-likeness (QED) is 0.745.